The number of nitrogens with one attached hydrogen (secondary N) is 1. The van der Waals surface area contributed by atoms with Crippen LogP contribution in [-0.4, -0.2) is 36.5 Å². The second kappa shape index (κ2) is 11.3. The van der Waals surface area contributed by atoms with E-state index in [0.717, 1.165) is 23.3 Å². The zero-order chi connectivity index (χ0) is 28.3. The molecule has 2 N–H and O–H groups in total. The number of hydrogen-bond acceptors (Lipinski definition) is 6. The van der Waals surface area contributed by atoms with Crippen LogP contribution in [0, 0.1) is 0 Å². The van der Waals surface area contributed by atoms with Crippen LogP contribution >= 0.6 is 11.6 Å². The van der Waals surface area contributed by atoms with E-state index in [1.165, 1.54) is 33.9 Å². The van der Waals surface area contributed by atoms with Crippen LogP contribution < -0.4 is 10.9 Å². The summed E-state index contributed by atoms with van der Waals surface area (Å²) in [6, 6.07) is 20.0. The normalized spacial score (nSPS) is 12.3. The number of aromatic nitrogens is 5. The number of halogens is 4. The number of nitrogens with zero attached hydrogens (tertiary/aromatic N) is 5. The fraction of sp³-hybridized carbons (Fsp3) is 0.143. The van der Waals surface area contributed by atoms with E-state index in [4.69, 9.17) is 11.6 Å². The molecule has 0 bridgehead atoms. The smallest absolute Gasteiger partial charge is 0.394 e. The summed E-state index contributed by atoms with van der Waals surface area (Å²) in [5, 5.41) is 26.3. The SMILES string of the molecule is O=c1c(N[C@@H](CO)c2ccccc2)c(-n2cc(-c3ccc(C(F)(F)F)cc3)nn2)cnn1Cc1ccc(Cl)cc1. The molecule has 0 aliphatic carbocycles. The van der Waals surface area contributed by atoms with Gasteiger partial charge in [0.15, 0.2) is 0 Å². The molecule has 0 radical (unpaired) electrons. The van der Waals surface area contributed by atoms with Crippen LogP contribution in [0.1, 0.15) is 22.7 Å². The van der Waals surface area contributed by atoms with Crippen molar-refractivity contribution in [2.75, 3.05) is 11.9 Å². The molecular formula is C28H22ClF3N6O2. The highest BCUT2D eigenvalue weighted by atomic mass is 35.5. The number of rotatable bonds is 8. The van der Waals surface area contributed by atoms with Crippen molar-refractivity contribution < 1.29 is 18.3 Å². The second-order valence-electron chi connectivity index (χ2n) is 8.91. The number of anilines is 1. The molecule has 2 aromatic heterocycles. The molecule has 0 spiro atoms. The minimum atomic E-state index is -4.46. The maximum atomic E-state index is 13.7. The Balaban J connectivity index is 1.54. The third kappa shape index (κ3) is 5.90. The molecule has 0 aliphatic rings. The van der Waals surface area contributed by atoms with E-state index >= 15 is 0 Å². The number of aliphatic hydroxyl groups is 1. The van der Waals surface area contributed by atoms with Crippen molar-refractivity contribution in [3.63, 3.8) is 0 Å². The molecule has 204 valence electrons. The molecule has 5 rings (SSSR count). The van der Waals surface area contributed by atoms with Gasteiger partial charge >= 0.3 is 6.18 Å². The van der Waals surface area contributed by atoms with Gasteiger partial charge in [-0.15, -0.1) is 5.10 Å². The maximum absolute atomic E-state index is 13.7. The second-order valence-corrected chi connectivity index (χ2v) is 9.34. The summed E-state index contributed by atoms with van der Waals surface area (Å²) in [6.07, 6.45) is -1.53. The first kappa shape index (κ1) is 27.1. The van der Waals surface area contributed by atoms with Gasteiger partial charge in [-0.3, -0.25) is 4.79 Å². The number of benzene rings is 3. The van der Waals surface area contributed by atoms with Crippen molar-refractivity contribution in [3.8, 4) is 16.9 Å². The highest BCUT2D eigenvalue weighted by Crippen LogP contribution is 2.31. The van der Waals surface area contributed by atoms with E-state index in [9.17, 15) is 23.1 Å². The summed E-state index contributed by atoms with van der Waals surface area (Å²) in [6.45, 7) is -0.148. The Morgan fingerprint density at radius 2 is 1.68 bits per heavy atom. The molecule has 5 aromatic rings. The van der Waals surface area contributed by atoms with Crippen LogP contribution in [0.15, 0.2) is 96.1 Å². The lowest BCUT2D eigenvalue weighted by molar-refractivity contribution is -0.137. The van der Waals surface area contributed by atoms with Gasteiger partial charge in [-0.05, 0) is 35.4 Å². The van der Waals surface area contributed by atoms with Crippen LogP contribution in [-0.2, 0) is 12.7 Å². The Morgan fingerprint density at radius 3 is 2.33 bits per heavy atom. The monoisotopic (exact) mass is 566 g/mol. The lowest BCUT2D eigenvalue weighted by atomic mass is 10.1. The summed E-state index contributed by atoms with van der Waals surface area (Å²) < 4.78 is 41.5. The highest BCUT2D eigenvalue weighted by Gasteiger charge is 2.30. The predicted molar refractivity (Wildman–Crippen MR) is 144 cm³/mol. The quantitative estimate of drug-likeness (QED) is 0.262. The zero-order valence-electron chi connectivity index (χ0n) is 20.8. The van der Waals surface area contributed by atoms with E-state index in [0.29, 0.717) is 16.3 Å². The molecule has 12 heteroatoms. The third-order valence-electron chi connectivity index (χ3n) is 6.22. The molecule has 0 fully saturated rings. The van der Waals surface area contributed by atoms with Gasteiger partial charge in [0.1, 0.15) is 17.1 Å². The van der Waals surface area contributed by atoms with Gasteiger partial charge in [0.2, 0.25) is 0 Å². The van der Waals surface area contributed by atoms with Crippen LogP contribution in [0.25, 0.3) is 16.9 Å². The Morgan fingerprint density at radius 1 is 0.975 bits per heavy atom. The molecule has 0 aliphatic heterocycles. The van der Waals surface area contributed by atoms with E-state index in [1.54, 1.807) is 24.3 Å². The molecule has 8 nitrogen and oxygen atoms in total. The molecule has 0 amide bonds. The molecule has 3 aromatic carbocycles. The third-order valence-corrected chi connectivity index (χ3v) is 6.47. The van der Waals surface area contributed by atoms with Crippen LogP contribution in [0.5, 0.6) is 0 Å². The lowest BCUT2D eigenvalue weighted by Gasteiger charge is -2.20. The zero-order valence-corrected chi connectivity index (χ0v) is 21.5. The first-order chi connectivity index (χ1) is 19.2. The van der Waals surface area contributed by atoms with Crippen molar-refractivity contribution in [3.05, 3.63) is 123 Å². The summed E-state index contributed by atoms with van der Waals surface area (Å²) in [7, 11) is 0. The molecule has 0 saturated heterocycles. The first-order valence-electron chi connectivity index (χ1n) is 12.1. The van der Waals surface area contributed by atoms with Gasteiger partial charge in [0, 0.05) is 10.6 Å². The molecule has 40 heavy (non-hydrogen) atoms. The Hall–Kier alpha value is -4.48. The molecule has 0 unspecified atom stereocenters. The molecule has 1 atom stereocenters. The number of hydrogen-bond donors (Lipinski definition) is 2. The van der Waals surface area contributed by atoms with E-state index in [1.807, 2.05) is 30.3 Å². The van der Waals surface area contributed by atoms with E-state index in [2.05, 4.69) is 20.7 Å². The first-order valence-corrected chi connectivity index (χ1v) is 12.5. The van der Waals surface area contributed by atoms with E-state index < -0.39 is 23.3 Å². The van der Waals surface area contributed by atoms with Crippen LogP contribution in [0.2, 0.25) is 5.02 Å². The predicted octanol–water partition coefficient (Wildman–Crippen LogP) is 5.36. The number of alkyl halides is 3. The largest absolute Gasteiger partial charge is 0.416 e. The molecule has 0 saturated carbocycles. The average Bonchev–Trinajstić information content (AvgIpc) is 3.45. The van der Waals surface area contributed by atoms with Crippen molar-refractivity contribution in [1.29, 1.82) is 0 Å². The minimum Gasteiger partial charge on any atom is -0.394 e. The maximum Gasteiger partial charge on any atom is 0.416 e. The summed E-state index contributed by atoms with van der Waals surface area (Å²) in [4.78, 5) is 13.7. The standard InChI is InChI=1S/C28H22ClF3N6O2/c29-22-12-6-18(7-13-22)15-38-27(40)26(34-24(17-39)19-4-2-1-3-5-19)25(14-33-38)37-16-23(35-36-37)20-8-10-21(11-9-20)28(30,31)32/h1-14,16,24,34,39H,15,17H2/t24-/m0/s1. The van der Waals surface area contributed by atoms with Gasteiger partial charge in [-0.1, -0.05) is 71.4 Å². The van der Waals surface area contributed by atoms with Gasteiger partial charge < -0.3 is 10.4 Å². The van der Waals surface area contributed by atoms with Crippen LogP contribution in [0.3, 0.4) is 0 Å². The van der Waals surface area contributed by atoms with Crippen LogP contribution in [0.4, 0.5) is 18.9 Å². The number of aliphatic hydroxyl groups excluding tert-OH is 1. The lowest BCUT2D eigenvalue weighted by Crippen LogP contribution is -2.30. The molecule has 2 heterocycles. The van der Waals surface area contributed by atoms with Gasteiger partial charge in [-0.25, -0.2) is 9.36 Å². The Kier molecular flexibility index (Phi) is 7.67. The Labute approximate surface area is 231 Å². The average molecular weight is 567 g/mol. The Bertz CT molecular complexity index is 1650. The van der Waals surface area contributed by atoms with Crippen molar-refractivity contribution >= 4 is 17.3 Å². The van der Waals surface area contributed by atoms with Crippen molar-refractivity contribution in [1.82, 2.24) is 24.8 Å². The summed E-state index contributed by atoms with van der Waals surface area (Å²) in [5.74, 6) is 0. The van der Waals surface area contributed by atoms with Gasteiger partial charge in [-0.2, -0.15) is 18.3 Å². The topological polar surface area (TPSA) is 97.9 Å². The highest BCUT2D eigenvalue weighted by molar-refractivity contribution is 6.30. The van der Waals surface area contributed by atoms with Crippen molar-refractivity contribution in [2.24, 2.45) is 0 Å². The fourth-order valence-corrected chi connectivity index (χ4v) is 4.23. The minimum absolute atomic E-state index is 0.107. The van der Waals surface area contributed by atoms with Gasteiger partial charge in [0.25, 0.3) is 5.56 Å². The van der Waals surface area contributed by atoms with Gasteiger partial charge in [0.05, 0.1) is 37.2 Å². The fourth-order valence-electron chi connectivity index (χ4n) is 4.10. The summed E-state index contributed by atoms with van der Waals surface area (Å²) >= 11 is 5.98. The summed E-state index contributed by atoms with van der Waals surface area (Å²) in [5.41, 5.74) is 1.36. The van der Waals surface area contributed by atoms with Crippen molar-refractivity contribution in [2.45, 2.75) is 18.8 Å². The van der Waals surface area contributed by atoms with E-state index in [-0.39, 0.29) is 24.5 Å². The molecular weight excluding hydrogens is 545 g/mol.